The lowest BCUT2D eigenvalue weighted by Gasteiger charge is -2.28. The number of piperidine rings is 1. The number of hydrogen-bond donors (Lipinski definition) is 1. The summed E-state index contributed by atoms with van der Waals surface area (Å²) in [7, 11) is 0. The molecule has 2 amide bonds. The number of urea groups is 1. The van der Waals surface area contributed by atoms with Crippen LogP contribution in [0.2, 0.25) is 0 Å². The summed E-state index contributed by atoms with van der Waals surface area (Å²) in [5.74, 6) is 0. The van der Waals surface area contributed by atoms with Crippen molar-refractivity contribution in [3.05, 3.63) is 0 Å². The van der Waals surface area contributed by atoms with Gasteiger partial charge in [-0.25, -0.2) is 9.18 Å². The van der Waals surface area contributed by atoms with Crippen molar-refractivity contribution in [2.45, 2.75) is 63.2 Å². The van der Waals surface area contributed by atoms with Gasteiger partial charge in [0.25, 0.3) is 0 Å². The number of nitrogens with zero attached hydrogens (tertiary/aromatic N) is 2. The molecule has 3 rings (SSSR count). The van der Waals surface area contributed by atoms with Gasteiger partial charge in [0.2, 0.25) is 0 Å². The molecule has 0 spiro atoms. The largest absolute Gasteiger partial charge is 0.321 e. The summed E-state index contributed by atoms with van der Waals surface area (Å²) in [4.78, 5) is 16.2. The van der Waals surface area contributed by atoms with E-state index in [2.05, 4.69) is 5.32 Å². The highest BCUT2D eigenvalue weighted by Crippen LogP contribution is 2.25. The second-order valence-electron chi connectivity index (χ2n) is 6.43. The van der Waals surface area contributed by atoms with Crippen LogP contribution in [0.5, 0.6) is 0 Å². The third-order valence-electron chi connectivity index (χ3n) is 5.04. The molecule has 1 saturated carbocycles. The minimum Gasteiger partial charge on any atom is -0.321 e. The van der Waals surface area contributed by atoms with Crippen molar-refractivity contribution in [1.82, 2.24) is 15.1 Å². The summed E-state index contributed by atoms with van der Waals surface area (Å²) in [5, 5.41) is 3.31. The highest BCUT2D eigenvalue weighted by atomic mass is 19.1. The Morgan fingerprint density at radius 2 is 1.95 bits per heavy atom. The summed E-state index contributed by atoms with van der Waals surface area (Å²) < 4.78 is 13.7. The van der Waals surface area contributed by atoms with Gasteiger partial charge in [-0.1, -0.05) is 12.8 Å². The maximum absolute atomic E-state index is 13.7. The predicted molar refractivity (Wildman–Crippen MR) is 76.5 cm³/mol. The first-order valence-corrected chi connectivity index (χ1v) is 8.18. The smallest absolute Gasteiger partial charge is 0.320 e. The molecule has 1 aliphatic carbocycles. The average molecular weight is 283 g/mol. The fourth-order valence-electron chi connectivity index (χ4n) is 3.84. The molecule has 2 aliphatic heterocycles. The summed E-state index contributed by atoms with van der Waals surface area (Å²) in [6, 6.07) is 0.626. The van der Waals surface area contributed by atoms with Gasteiger partial charge in [-0.15, -0.1) is 0 Å². The van der Waals surface area contributed by atoms with Crippen molar-refractivity contribution in [1.29, 1.82) is 0 Å². The van der Waals surface area contributed by atoms with E-state index < -0.39 is 6.17 Å². The highest BCUT2D eigenvalue weighted by Gasteiger charge is 2.38. The molecule has 0 radical (unpaired) electrons. The second kappa shape index (κ2) is 6.29. The van der Waals surface area contributed by atoms with Gasteiger partial charge in [0.05, 0.1) is 6.04 Å². The molecule has 0 aromatic carbocycles. The van der Waals surface area contributed by atoms with Gasteiger partial charge < -0.3 is 15.1 Å². The first-order chi connectivity index (χ1) is 9.75. The van der Waals surface area contributed by atoms with Gasteiger partial charge in [-0.3, -0.25) is 0 Å². The maximum atomic E-state index is 13.7. The fourth-order valence-corrected chi connectivity index (χ4v) is 3.84. The van der Waals surface area contributed by atoms with Crippen LogP contribution in [0.3, 0.4) is 0 Å². The van der Waals surface area contributed by atoms with Gasteiger partial charge >= 0.3 is 6.03 Å². The summed E-state index contributed by atoms with van der Waals surface area (Å²) >= 11 is 0. The van der Waals surface area contributed by atoms with Crippen LogP contribution >= 0.6 is 0 Å². The van der Waals surface area contributed by atoms with E-state index in [0.29, 0.717) is 12.5 Å². The third-order valence-corrected chi connectivity index (χ3v) is 5.04. The van der Waals surface area contributed by atoms with Gasteiger partial charge in [0.15, 0.2) is 0 Å². The zero-order chi connectivity index (χ0) is 13.9. The first kappa shape index (κ1) is 14.1. The molecular formula is C15H26FN3O. The van der Waals surface area contributed by atoms with Crippen LogP contribution in [-0.2, 0) is 0 Å². The van der Waals surface area contributed by atoms with E-state index in [1.54, 1.807) is 0 Å². The van der Waals surface area contributed by atoms with E-state index in [1.165, 1.54) is 6.42 Å². The molecule has 2 saturated heterocycles. The molecule has 114 valence electrons. The Balaban J connectivity index is 1.43. The molecule has 20 heavy (non-hydrogen) atoms. The number of carbonyl (C=O) groups is 1. The topological polar surface area (TPSA) is 35.6 Å². The first-order valence-electron chi connectivity index (χ1n) is 8.18. The van der Waals surface area contributed by atoms with Gasteiger partial charge in [-0.2, -0.15) is 0 Å². The van der Waals surface area contributed by atoms with Crippen LogP contribution in [-0.4, -0.2) is 60.3 Å². The highest BCUT2D eigenvalue weighted by molar-refractivity contribution is 5.77. The number of alkyl halides is 1. The van der Waals surface area contributed by atoms with E-state index in [-0.39, 0.29) is 12.1 Å². The van der Waals surface area contributed by atoms with E-state index in [0.717, 1.165) is 58.3 Å². The zero-order valence-corrected chi connectivity index (χ0v) is 12.2. The fraction of sp³-hybridized carbons (Fsp3) is 0.933. The van der Waals surface area contributed by atoms with Crippen molar-refractivity contribution in [2.24, 2.45) is 0 Å². The van der Waals surface area contributed by atoms with Crippen LogP contribution in [0.15, 0.2) is 0 Å². The molecule has 3 aliphatic rings. The molecule has 3 fully saturated rings. The zero-order valence-electron chi connectivity index (χ0n) is 12.2. The van der Waals surface area contributed by atoms with Gasteiger partial charge in [0, 0.05) is 32.2 Å². The van der Waals surface area contributed by atoms with Crippen molar-refractivity contribution in [3.63, 3.8) is 0 Å². The molecule has 0 bridgehead atoms. The van der Waals surface area contributed by atoms with Crippen molar-refractivity contribution in [3.8, 4) is 0 Å². The monoisotopic (exact) mass is 283 g/mol. The minimum atomic E-state index is -0.704. The van der Waals surface area contributed by atoms with E-state index in [4.69, 9.17) is 0 Å². The molecule has 5 heteroatoms. The number of carbonyl (C=O) groups excluding carboxylic acids is 1. The second-order valence-corrected chi connectivity index (χ2v) is 6.43. The summed E-state index contributed by atoms with van der Waals surface area (Å²) in [5.41, 5.74) is 0. The van der Waals surface area contributed by atoms with E-state index in [1.807, 2.05) is 9.80 Å². The molecule has 0 aromatic heterocycles. The SMILES string of the molecule is O=C1N(CCNC2CCCCC2F)CC2CCCCN12. The molecule has 3 unspecified atom stereocenters. The summed E-state index contributed by atoms with van der Waals surface area (Å²) in [6.07, 6.45) is 6.58. The normalized spacial score (nSPS) is 34.5. The van der Waals surface area contributed by atoms with Crippen molar-refractivity contribution < 1.29 is 9.18 Å². The molecule has 2 heterocycles. The lowest BCUT2D eigenvalue weighted by Crippen LogP contribution is -2.44. The lowest BCUT2D eigenvalue weighted by molar-refractivity contribution is 0.171. The number of halogens is 1. The molecule has 4 nitrogen and oxygen atoms in total. The number of rotatable bonds is 4. The predicted octanol–water partition coefficient (Wildman–Crippen LogP) is 2.15. The molecule has 1 N–H and O–H groups in total. The Morgan fingerprint density at radius 3 is 2.75 bits per heavy atom. The number of nitrogens with one attached hydrogen (secondary N) is 1. The Bertz CT molecular complexity index is 352. The molecule has 3 atom stereocenters. The average Bonchev–Trinajstić information content (AvgIpc) is 2.78. The maximum Gasteiger partial charge on any atom is 0.320 e. The Kier molecular flexibility index (Phi) is 4.44. The van der Waals surface area contributed by atoms with Crippen LogP contribution in [0.1, 0.15) is 44.9 Å². The van der Waals surface area contributed by atoms with Crippen LogP contribution in [0.4, 0.5) is 9.18 Å². The number of hydrogen-bond acceptors (Lipinski definition) is 2. The number of fused-ring (bicyclic) bond motifs is 1. The van der Waals surface area contributed by atoms with E-state index in [9.17, 15) is 9.18 Å². The van der Waals surface area contributed by atoms with Crippen LogP contribution in [0, 0.1) is 0 Å². The number of amides is 2. The Hall–Kier alpha value is -0.840. The van der Waals surface area contributed by atoms with E-state index >= 15 is 0 Å². The molecular weight excluding hydrogens is 257 g/mol. The quantitative estimate of drug-likeness (QED) is 0.858. The Morgan fingerprint density at radius 1 is 1.15 bits per heavy atom. The third kappa shape index (κ3) is 2.92. The lowest BCUT2D eigenvalue weighted by atomic mass is 9.94. The van der Waals surface area contributed by atoms with Gasteiger partial charge in [0.1, 0.15) is 6.17 Å². The van der Waals surface area contributed by atoms with Crippen molar-refractivity contribution >= 4 is 6.03 Å². The Labute approximate surface area is 120 Å². The standard InChI is InChI=1S/C15H26FN3O/c16-13-6-1-2-7-14(13)17-8-10-18-11-12-5-3-4-9-19(12)15(18)20/h12-14,17H,1-11H2. The molecule has 0 aromatic rings. The van der Waals surface area contributed by atoms with Crippen molar-refractivity contribution in [2.75, 3.05) is 26.2 Å². The van der Waals surface area contributed by atoms with Crippen LogP contribution in [0.25, 0.3) is 0 Å². The van der Waals surface area contributed by atoms with Gasteiger partial charge in [-0.05, 0) is 32.1 Å². The van der Waals surface area contributed by atoms with Crippen LogP contribution < -0.4 is 5.32 Å². The minimum absolute atomic E-state index is 0.00374. The summed E-state index contributed by atoms with van der Waals surface area (Å²) in [6.45, 7) is 3.22.